The average Bonchev–Trinajstić information content (AvgIpc) is 2.41. The van der Waals surface area contributed by atoms with Gasteiger partial charge in [-0.05, 0) is 62.7 Å². The lowest BCUT2D eigenvalue weighted by atomic mass is 10.1. The molecule has 0 aliphatic heterocycles. The molecule has 0 saturated heterocycles. The van der Waals surface area contributed by atoms with E-state index >= 15 is 0 Å². The molecule has 0 fully saturated rings. The third-order valence-corrected chi connectivity index (χ3v) is 2.47. The lowest BCUT2D eigenvalue weighted by Crippen LogP contribution is -2.31. The first-order valence-electron chi connectivity index (χ1n) is 6.66. The number of rotatable bonds is 4. The number of hydrogen-bond acceptors (Lipinski definition) is 3. The summed E-state index contributed by atoms with van der Waals surface area (Å²) in [6, 6.07) is 17.6. The summed E-state index contributed by atoms with van der Waals surface area (Å²) < 4.78 is 5.73. The number of hydrazone groups is 1. The SMILES string of the molecule is CC(C)(C)NN=Cc1ccc(Oc2ccccc2)cc1. The first kappa shape index (κ1) is 14.1. The lowest BCUT2D eigenvalue weighted by Gasteiger charge is -2.16. The van der Waals surface area contributed by atoms with Gasteiger partial charge in [-0.1, -0.05) is 18.2 Å². The van der Waals surface area contributed by atoms with Gasteiger partial charge in [0.1, 0.15) is 11.5 Å². The maximum atomic E-state index is 5.73. The topological polar surface area (TPSA) is 33.6 Å². The fraction of sp³-hybridized carbons (Fsp3) is 0.235. The predicted octanol–water partition coefficient (Wildman–Crippen LogP) is 4.20. The fourth-order valence-electron chi connectivity index (χ4n) is 1.55. The Morgan fingerprint density at radius 1 is 0.900 bits per heavy atom. The van der Waals surface area contributed by atoms with E-state index in [1.54, 1.807) is 6.21 Å². The summed E-state index contributed by atoms with van der Waals surface area (Å²) in [7, 11) is 0. The van der Waals surface area contributed by atoms with Crippen molar-refractivity contribution < 1.29 is 4.74 Å². The Labute approximate surface area is 120 Å². The highest BCUT2D eigenvalue weighted by atomic mass is 16.5. The van der Waals surface area contributed by atoms with Crippen LogP contribution in [0.2, 0.25) is 0 Å². The zero-order valence-corrected chi connectivity index (χ0v) is 12.1. The largest absolute Gasteiger partial charge is 0.457 e. The minimum absolute atomic E-state index is 0.0210. The Balaban J connectivity index is 1.96. The molecule has 1 N–H and O–H groups in total. The summed E-state index contributed by atoms with van der Waals surface area (Å²) in [5, 5.41) is 4.21. The van der Waals surface area contributed by atoms with E-state index in [1.165, 1.54) is 0 Å². The molecule has 3 heteroatoms. The van der Waals surface area contributed by atoms with E-state index in [-0.39, 0.29) is 5.54 Å². The molecule has 0 aromatic heterocycles. The van der Waals surface area contributed by atoms with Gasteiger partial charge < -0.3 is 10.2 Å². The first-order valence-corrected chi connectivity index (χ1v) is 6.66. The Morgan fingerprint density at radius 2 is 1.50 bits per heavy atom. The van der Waals surface area contributed by atoms with Crippen LogP contribution in [0.3, 0.4) is 0 Å². The number of para-hydroxylation sites is 1. The zero-order valence-electron chi connectivity index (χ0n) is 12.1. The van der Waals surface area contributed by atoms with Gasteiger partial charge in [-0.25, -0.2) is 0 Å². The van der Waals surface area contributed by atoms with Gasteiger partial charge in [-0.15, -0.1) is 0 Å². The number of hydrogen-bond donors (Lipinski definition) is 1. The van der Waals surface area contributed by atoms with Crippen LogP contribution in [0.15, 0.2) is 59.7 Å². The molecule has 0 saturated carbocycles. The van der Waals surface area contributed by atoms with E-state index in [4.69, 9.17) is 4.74 Å². The van der Waals surface area contributed by atoms with E-state index in [2.05, 4.69) is 31.3 Å². The second-order valence-electron chi connectivity index (χ2n) is 5.60. The summed E-state index contributed by atoms with van der Waals surface area (Å²) >= 11 is 0. The van der Waals surface area contributed by atoms with Crippen molar-refractivity contribution in [2.45, 2.75) is 26.3 Å². The van der Waals surface area contributed by atoms with Gasteiger partial charge in [0.15, 0.2) is 0 Å². The van der Waals surface area contributed by atoms with Crippen molar-refractivity contribution in [2.75, 3.05) is 0 Å². The molecule has 0 amide bonds. The molecule has 0 atom stereocenters. The van der Waals surface area contributed by atoms with Crippen molar-refractivity contribution in [3.8, 4) is 11.5 Å². The molecule has 3 nitrogen and oxygen atoms in total. The Morgan fingerprint density at radius 3 is 2.10 bits per heavy atom. The van der Waals surface area contributed by atoms with E-state index in [0.717, 1.165) is 17.1 Å². The van der Waals surface area contributed by atoms with Crippen LogP contribution in [0.4, 0.5) is 0 Å². The van der Waals surface area contributed by atoms with Crippen molar-refractivity contribution in [1.29, 1.82) is 0 Å². The minimum Gasteiger partial charge on any atom is -0.457 e. The minimum atomic E-state index is -0.0210. The number of nitrogens with one attached hydrogen (secondary N) is 1. The van der Waals surface area contributed by atoms with Gasteiger partial charge in [0, 0.05) is 5.54 Å². The van der Waals surface area contributed by atoms with Crippen molar-refractivity contribution >= 4 is 6.21 Å². The molecule has 0 spiro atoms. The molecule has 2 rings (SSSR count). The summed E-state index contributed by atoms with van der Waals surface area (Å²) in [5.74, 6) is 1.65. The van der Waals surface area contributed by atoms with E-state index in [9.17, 15) is 0 Å². The van der Waals surface area contributed by atoms with Crippen LogP contribution in [-0.4, -0.2) is 11.8 Å². The van der Waals surface area contributed by atoms with Gasteiger partial charge in [0.05, 0.1) is 6.21 Å². The summed E-state index contributed by atoms with van der Waals surface area (Å²) in [6.07, 6.45) is 1.80. The fourth-order valence-corrected chi connectivity index (χ4v) is 1.55. The quantitative estimate of drug-likeness (QED) is 0.666. The van der Waals surface area contributed by atoms with Crippen molar-refractivity contribution in [3.63, 3.8) is 0 Å². The molecule has 104 valence electrons. The third kappa shape index (κ3) is 4.76. The molecule has 0 aliphatic carbocycles. The van der Waals surface area contributed by atoms with Crippen LogP contribution in [0.25, 0.3) is 0 Å². The number of ether oxygens (including phenoxy) is 1. The van der Waals surface area contributed by atoms with Crippen LogP contribution in [-0.2, 0) is 0 Å². The van der Waals surface area contributed by atoms with Gasteiger partial charge in [0.25, 0.3) is 0 Å². The standard InChI is InChI=1S/C17H20N2O/c1-17(2,3)19-18-13-14-9-11-16(12-10-14)20-15-7-5-4-6-8-15/h4-13,19H,1-3H3. The molecule has 0 unspecified atom stereocenters. The second-order valence-corrected chi connectivity index (χ2v) is 5.60. The maximum absolute atomic E-state index is 5.73. The van der Waals surface area contributed by atoms with Crippen molar-refractivity contribution in [2.24, 2.45) is 5.10 Å². The smallest absolute Gasteiger partial charge is 0.127 e. The van der Waals surface area contributed by atoms with Gasteiger partial charge in [0.2, 0.25) is 0 Å². The third-order valence-electron chi connectivity index (χ3n) is 2.47. The van der Waals surface area contributed by atoms with E-state index in [0.29, 0.717) is 0 Å². The summed E-state index contributed by atoms with van der Waals surface area (Å²) in [4.78, 5) is 0. The monoisotopic (exact) mass is 268 g/mol. The molecule has 0 aliphatic rings. The Kier molecular flexibility index (Phi) is 4.41. The van der Waals surface area contributed by atoms with Crippen LogP contribution in [0.5, 0.6) is 11.5 Å². The molecule has 0 radical (unpaired) electrons. The average molecular weight is 268 g/mol. The summed E-state index contributed by atoms with van der Waals surface area (Å²) in [5.41, 5.74) is 4.07. The second kappa shape index (κ2) is 6.24. The summed E-state index contributed by atoms with van der Waals surface area (Å²) in [6.45, 7) is 6.21. The molecular formula is C17H20N2O. The van der Waals surface area contributed by atoms with E-state index < -0.39 is 0 Å². The predicted molar refractivity (Wildman–Crippen MR) is 83.4 cm³/mol. The highest BCUT2D eigenvalue weighted by Gasteiger charge is 2.05. The lowest BCUT2D eigenvalue weighted by molar-refractivity contribution is 0.442. The van der Waals surface area contributed by atoms with E-state index in [1.807, 2.05) is 54.6 Å². The van der Waals surface area contributed by atoms with Gasteiger partial charge >= 0.3 is 0 Å². The maximum Gasteiger partial charge on any atom is 0.127 e. The molecule has 20 heavy (non-hydrogen) atoms. The molecule has 0 heterocycles. The van der Waals surface area contributed by atoms with Crippen molar-refractivity contribution in [3.05, 3.63) is 60.2 Å². The highest BCUT2D eigenvalue weighted by molar-refractivity contribution is 5.79. The molecule has 2 aromatic rings. The normalized spacial score (nSPS) is 11.6. The van der Waals surface area contributed by atoms with Crippen LogP contribution in [0.1, 0.15) is 26.3 Å². The molecule has 2 aromatic carbocycles. The van der Waals surface area contributed by atoms with Crippen LogP contribution in [0, 0.1) is 0 Å². The molecular weight excluding hydrogens is 248 g/mol. The van der Waals surface area contributed by atoms with Gasteiger partial charge in [-0.2, -0.15) is 5.10 Å². The number of nitrogens with zero attached hydrogens (tertiary/aromatic N) is 1. The number of benzene rings is 2. The Bertz CT molecular complexity index is 554. The molecule has 0 bridgehead atoms. The van der Waals surface area contributed by atoms with Crippen molar-refractivity contribution in [1.82, 2.24) is 5.43 Å². The zero-order chi connectivity index (χ0) is 14.4. The highest BCUT2D eigenvalue weighted by Crippen LogP contribution is 2.20. The Hall–Kier alpha value is -2.29. The van der Waals surface area contributed by atoms with Crippen LogP contribution < -0.4 is 10.2 Å². The van der Waals surface area contributed by atoms with Crippen LogP contribution >= 0.6 is 0 Å². The first-order chi connectivity index (χ1) is 9.53. The van der Waals surface area contributed by atoms with Gasteiger partial charge in [-0.3, -0.25) is 0 Å².